The van der Waals surface area contributed by atoms with E-state index in [-0.39, 0.29) is 5.56 Å². The van der Waals surface area contributed by atoms with Gasteiger partial charge >= 0.3 is 42.9 Å². The second kappa shape index (κ2) is 8.69. The minimum Gasteiger partial charge on any atom is -0.429 e. The Balaban J connectivity index is 3.18. The molecule has 186 valence electrons. The van der Waals surface area contributed by atoms with Crippen LogP contribution in [-0.4, -0.2) is 48.0 Å². The molecule has 1 N–H and O–H groups in total. The largest absolute Gasteiger partial charge is 0.478 e. The van der Waals surface area contributed by atoms with Gasteiger partial charge in [0.1, 0.15) is 5.75 Å². The third-order valence-electron chi connectivity index (χ3n) is 3.20. The Hall–Kier alpha value is -2.08. The van der Waals surface area contributed by atoms with E-state index >= 15 is 0 Å². The lowest BCUT2D eigenvalue weighted by Crippen LogP contribution is -2.61. The van der Waals surface area contributed by atoms with Crippen LogP contribution in [0, 0.1) is 0 Å². The molecule has 32 heavy (non-hydrogen) atoms. The number of hydrogen-bond acceptors (Lipinski definition) is 4. The number of aliphatic hydroxyl groups excluding tert-OH is 1. The van der Waals surface area contributed by atoms with Crippen molar-refractivity contribution in [2.75, 3.05) is 0 Å². The van der Waals surface area contributed by atoms with E-state index in [4.69, 9.17) is 5.11 Å². The lowest BCUT2D eigenvalue weighted by atomic mass is 10.2. The summed E-state index contributed by atoms with van der Waals surface area (Å²) in [5, 5.41) is 8.74. The molecule has 0 amide bonds. The lowest BCUT2D eigenvalue weighted by molar-refractivity contribution is -0.549. The Bertz CT molecular complexity index is 760. The molecule has 0 saturated carbocycles. The predicted molar refractivity (Wildman–Crippen MR) is 70.8 cm³/mol. The predicted octanol–water partition coefficient (Wildman–Crippen LogP) is 5.46. The summed E-state index contributed by atoms with van der Waals surface area (Å²) in [6.07, 6.45) is -32.6. The second-order valence-corrected chi connectivity index (χ2v) is 5.62. The van der Waals surface area contributed by atoms with Crippen molar-refractivity contribution in [1.82, 2.24) is 0 Å². The molecule has 4 nitrogen and oxygen atoms in total. The highest BCUT2D eigenvalue weighted by molar-refractivity contribution is 5.27. The van der Waals surface area contributed by atoms with Gasteiger partial charge in [0.05, 0.1) is 6.61 Å². The number of benzene rings is 1. The van der Waals surface area contributed by atoms with Gasteiger partial charge in [0.15, 0.2) is 0 Å². The zero-order valence-corrected chi connectivity index (χ0v) is 14.6. The fourth-order valence-electron chi connectivity index (χ4n) is 1.61. The number of alkyl halides is 14. The molecule has 1 rings (SSSR count). The monoisotopic (exact) mass is 506 g/mol. The molecule has 0 aliphatic rings. The van der Waals surface area contributed by atoms with Crippen molar-refractivity contribution in [2.24, 2.45) is 0 Å². The van der Waals surface area contributed by atoms with E-state index in [9.17, 15) is 61.5 Å². The van der Waals surface area contributed by atoms with Gasteiger partial charge in [0.2, 0.25) is 0 Å². The summed E-state index contributed by atoms with van der Waals surface area (Å²) in [6.45, 7) is -0.629. The molecule has 0 aliphatic carbocycles. The van der Waals surface area contributed by atoms with Crippen LogP contribution in [0.25, 0.3) is 0 Å². The van der Waals surface area contributed by atoms with Crippen molar-refractivity contribution in [3.8, 4) is 5.75 Å². The van der Waals surface area contributed by atoms with E-state index in [1.165, 1.54) is 0 Å². The summed E-state index contributed by atoms with van der Waals surface area (Å²) in [5.74, 6) is -8.56. The van der Waals surface area contributed by atoms with Gasteiger partial charge < -0.3 is 9.84 Å². The standard InChI is InChI=1S/C14H8F14O4/c15-8(9(16,17)30-7-3-1-6(5-29)2-4-7)31-14(28,12(23,24)25)32-13(26,27)10(18,19)11(20,21)22/h1-4,8,29H,5H2. The quantitative estimate of drug-likeness (QED) is 0.358. The highest BCUT2D eigenvalue weighted by Gasteiger charge is 2.79. The van der Waals surface area contributed by atoms with Gasteiger partial charge in [0.25, 0.3) is 0 Å². The third-order valence-corrected chi connectivity index (χ3v) is 3.20. The molecule has 0 heterocycles. The topological polar surface area (TPSA) is 47.9 Å². The number of halogens is 14. The summed E-state index contributed by atoms with van der Waals surface area (Å²) in [5.41, 5.74) is 0.0646. The van der Waals surface area contributed by atoms with Crippen LogP contribution < -0.4 is 4.74 Å². The van der Waals surface area contributed by atoms with E-state index < -0.39 is 55.2 Å². The lowest BCUT2D eigenvalue weighted by Gasteiger charge is -2.35. The van der Waals surface area contributed by atoms with Gasteiger partial charge in [-0.15, -0.1) is 0 Å². The molecule has 0 saturated heterocycles. The minimum absolute atomic E-state index is 0.0646. The molecule has 18 heteroatoms. The molecule has 1 aromatic rings. The van der Waals surface area contributed by atoms with E-state index in [0.717, 1.165) is 12.1 Å². The zero-order valence-electron chi connectivity index (χ0n) is 14.6. The molecule has 0 spiro atoms. The van der Waals surface area contributed by atoms with E-state index in [1.807, 2.05) is 0 Å². The average Bonchev–Trinajstić information content (AvgIpc) is 2.59. The van der Waals surface area contributed by atoms with Crippen LogP contribution in [-0.2, 0) is 16.1 Å². The van der Waals surface area contributed by atoms with Crippen LogP contribution in [0.5, 0.6) is 5.75 Å². The Morgan fingerprint density at radius 2 is 1.22 bits per heavy atom. The second-order valence-electron chi connectivity index (χ2n) is 5.62. The molecule has 2 unspecified atom stereocenters. The van der Waals surface area contributed by atoms with Crippen molar-refractivity contribution in [2.45, 2.75) is 49.5 Å². The smallest absolute Gasteiger partial charge is 0.429 e. The van der Waals surface area contributed by atoms with Crippen molar-refractivity contribution in [1.29, 1.82) is 0 Å². The Kier molecular flexibility index (Phi) is 7.60. The molecule has 0 aromatic heterocycles. The van der Waals surface area contributed by atoms with Gasteiger partial charge in [-0.25, -0.2) is 9.13 Å². The van der Waals surface area contributed by atoms with Gasteiger partial charge in [-0.2, -0.15) is 57.1 Å². The summed E-state index contributed by atoms with van der Waals surface area (Å²) in [4.78, 5) is 0. The third kappa shape index (κ3) is 5.83. The molecule has 0 bridgehead atoms. The number of rotatable bonds is 9. The first kappa shape index (κ1) is 28.0. The summed E-state index contributed by atoms with van der Waals surface area (Å²) in [6, 6.07) is -4.03. The van der Waals surface area contributed by atoms with Gasteiger partial charge in [-0.05, 0) is 17.7 Å². The first-order valence-corrected chi connectivity index (χ1v) is 7.46. The molecular weight excluding hydrogens is 498 g/mol. The number of ether oxygens (including phenoxy) is 3. The Morgan fingerprint density at radius 1 is 0.750 bits per heavy atom. The van der Waals surface area contributed by atoms with Crippen LogP contribution in [0.15, 0.2) is 24.3 Å². The fraction of sp³-hybridized carbons (Fsp3) is 0.571. The summed E-state index contributed by atoms with van der Waals surface area (Å²) >= 11 is 0. The SMILES string of the molecule is OCc1ccc(OC(F)(F)C(F)OC(F)(OC(F)(F)C(F)(F)C(F)(F)F)C(F)(F)F)cc1. The highest BCUT2D eigenvalue weighted by Crippen LogP contribution is 2.51. The zero-order chi connectivity index (χ0) is 25.4. The first-order valence-electron chi connectivity index (χ1n) is 7.46. The van der Waals surface area contributed by atoms with Gasteiger partial charge in [0, 0.05) is 0 Å². The summed E-state index contributed by atoms with van der Waals surface area (Å²) < 4.78 is 187. The van der Waals surface area contributed by atoms with E-state index in [1.54, 1.807) is 4.74 Å². The van der Waals surface area contributed by atoms with Crippen molar-refractivity contribution >= 4 is 0 Å². The van der Waals surface area contributed by atoms with Crippen LogP contribution in [0.3, 0.4) is 0 Å². The number of aliphatic hydroxyl groups is 1. The maximum Gasteiger partial charge on any atom is 0.478 e. The summed E-state index contributed by atoms with van der Waals surface area (Å²) in [7, 11) is 0. The van der Waals surface area contributed by atoms with Crippen LogP contribution in [0.4, 0.5) is 61.5 Å². The maximum absolute atomic E-state index is 13.7. The van der Waals surface area contributed by atoms with Crippen molar-refractivity contribution in [3.05, 3.63) is 29.8 Å². The van der Waals surface area contributed by atoms with Crippen molar-refractivity contribution in [3.63, 3.8) is 0 Å². The van der Waals surface area contributed by atoms with Crippen LogP contribution >= 0.6 is 0 Å². The minimum atomic E-state index is -7.49. The maximum atomic E-state index is 13.7. The fourth-order valence-corrected chi connectivity index (χ4v) is 1.61. The van der Waals surface area contributed by atoms with Crippen LogP contribution in [0.1, 0.15) is 5.56 Å². The molecule has 0 radical (unpaired) electrons. The van der Waals surface area contributed by atoms with E-state index in [0.29, 0.717) is 12.1 Å². The average molecular weight is 506 g/mol. The van der Waals surface area contributed by atoms with E-state index in [2.05, 4.69) is 9.47 Å². The normalized spacial score (nSPS) is 17.1. The molecule has 2 atom stereocenters. The molecule has 0 aliphatic heterocycles. The van der Waals surface area contributed by atoms with Crippen LogP contribution in [0.2, 0.25) is 0 Å². The van der Waals surface area contributed by atoms with Gasteiger partial charge in [-0.1, -0.05) is 12.1 Å². The number of hydrogen-bond donors (Lipinski definition) is 1. The first-order chi connectivity index (χ1) is 14.1. The Morgan fingerprint density at radius 3 is 1.59 bits per heavy atom. The molecular formula is C14H8F14O4. The molecule has 0 fully saturated rings. The molecule has 1 aromatic carbocycles. The highest BCUT2D eigenvalue weighted by atomic mass is 19.4. The Labute approximate surface area is 167 Å². The van der Waals surface area contributed by atoms with Crippen molar-refractivity contribution < 1.29 is 80.8 Å². The van der Waals surface area contributed by atoms with Gasteiger partial charge in [-0.3, -0.25) is 4.74 Å².